The van der Waals surface area contributed by atoms with Gasteiger partial charge in [0.15, 0.2) is 0 Å². The fourth-order valence-electron chi connectivity index (χ4n) is 1.58. The van der Waals surface area contributed by atoms with Crippen molar-refractivity contribution >= 4 is 0 Å². The highest BCUT2D eigenvalue weighted by molar-refractivity contribution is 5.19. The van der Waals surface area contributed by atoms with Gasteiger partial charge in [-0.1, -0.05) is 60.7 Å². The van der Waals surface area contributed by atoms with Crippen LogP contribution in [-0.2, 0) is 12.8 Å². The van der Waals surface area contributed by atoms with Gasteiger partial charge in [-0.2, -0.15) is 0 Å². The Hall–Kier alpha value is -1.60. The van der Waals surface area contributed by atoms with Gasteiger partial charge >= 0.3 is 0 Å². The minimum absolute atomic E-state index is 1.13. The molecule has 0 saturated heterocycles. The predicted octanol–water partition coefficient (Wildman–Crippen LogP) is 3.05. The molecule has 84 valence electrons. The molecule has 2 N–H and O–H groups in total. The van der Waals surface area contributed by atoms with Crippen molar-refractivity contribution in [2.45, 2.75) is 12.8 Å². The lowest BCUT2D eigenvalue weighted by atomic mass is 10.0. The van der Waals surface area contributed by atoms with Gasteiger partial charge in [-0.3, -0.25) is 0 Å². The molecule has 0 saturated carbocycles. The standard InChI is InChI=1S/C14H14.CH5N/c1-3-7-13(8-4-1)11-12-14-9-5-2-6-10-14;1-2/h1-10H,11-12H2;2H2,1H3. The smallest absolute Gasteiger partial charge is 0.0195 e. The van der Waals surface area contributed by atoms with Crippen LogP contribution in [0.2, 0.25) is 0 Å². The Morgan fingerprint density at radius 2 is 0.938 bits per heavy atom. The molecule has 0 aliphatic heterocycles. The molecule has 0 spiro atoms. The third-order valence-electron chi connectivity index (χ3n) is 2.39. The zero-order chi connectivity index (χ0) is 11.6. The topological polar surface area (TPSA) is 26.0 Å². The molecule has 1 nitrogen and oxygen atoms in total. The van der Waals surface area contributed by atoms with Crippen LogP contribution in [0, 0.1) is 0 Å². The molecule has 2 aromatic rings. The fraction of sp³-hybridized carbons (Fsp3) is 0.200. The molecule has 0 aromatic heterocycles. The molecule has 0 fully saturated rings. The van der Waals surface area contributed by atoms with E-state index in [4.69, 9.17) is 0 Å². The lowest BCUT2D eigenvalue weighted by Crippen LogP contribution is -1.89. The maximum absolute atomic E-state index is 4.50. The summed E-state index contributed by atoms with van der Waals surface area (Å²) in [6, 6.07) is 21.2. The van der Waals surface area contributed by atoms with E-state index in [9.17, 15) is 0 Å². The molecule has 0 heterocycles. The van der Waals surface area contributed by atoms with Crippen LogP contribution in [0.25, 0.3) is 0 Å². The van der Waals surface area contributed by atoms with E-state index in [-0.39, 0.29) is 0 Å². The average molecular weight is 213 g/mol. The van der Waals surface area contributed by atoms with E-state index in [2.05, 4.69) is 66.4 Å². The van der Waals surface area contributed by atoms with Crippen molar-refractivity contribution < 1.29 is 0 Å². The van der Waals surface area contributed by atoms with Crippen LogP contribution in [0.3, 0.4) is 0 Å². The minimum atomic E-state index is 1.13. The normalized spacial score (nSPS) is 9.12. The van der Waals surface area contributed by atoms with Crippen molar-refractivity contribution in [1.82, 2.24) is 0 Å². The predicted molar refractivity (Wildman–Crippen MR) is 70.4 cm³/mol. The molecule has 2 rings (SSSR count). The van der Waals surface area contributed by atoms with Crippen molar-refractivity contribution in [3.8, 4) is 0 Å². The molecule has 0 unspecified atom stereocenters. The third-order valence-corrected chi connectivity index (χ3v) is 2.39. The van der Waals surface area contributed by atoms with Crippen molar-refractivity contribution in [2.24, 2.45) is 5.73 Å². The summed E-state index contributed by atoms with van der Waals surface area (Å²) in [7, 11) is 1.50. The molecule has 0 amide bonds. The van der Waals surface area contributed by atoms with Crippen molar-refractivity contribution in [2.75, 3.05) is 7.05 Å². The molecule has 16 heavy (non-hydrogen) atoms. The monoisotopic (exact) mass is 213 g/mol. The molecule has 2 aromatic carbocycles. The Bertz CT molecular complexity index is 328. The Morgan fingerprint density at radius 3 is 1.25 bits per heavy atom. The van der Waals surface area contributed by atoms with E-state index < -0.39 is 0 Å². The van der Waals surface area contributed by atoms with E-state index in [0.29, 0.717) is 0 Å². The first-order chi connectivity index (χ1) is 7.95. The van der Waals surface area contributed by atoms with Gasteiger partial charge < -0.3 is 5.73 Å². The van der Waals surface area contributed by atoms with E-state index in [1.54, 1.807) is 0 Å². The summed E-state index contributed by atoms with van der Waals surface area (Å²) in [5.74, 6) is 0. The Balaban J connectivity index is 0.000000606. The van der Waals surface area contributed by atoms with Crippen molar-refractivity contribution in [3.05, 3.63) is 71.8 Å². The second kappa shape index (κ2) is 7.66. The van der Waals surface area contributed by atoms with Gasteiger partial charge in [0.05, 0.1) is 0 Å². The highest BCUT2D eigenvalue weighted by Gasteiger charge is 1.93. The van der Waals surface area contributed by atoms with Crippen LogP contribution in [0.1, 0.15) is 11.1 Å². The van der Waals surface area contributed by atoms with Crippen LogP contribution in [-0.4, -0.2) is 7.05 Å². The largest absolute Gasteiger partial charge is 0.333 e. The highest BCUT2D eigenvalue weighted by Crippen LogP contribution is 2.06. The molecule has 0 atom stereocenters. The first-order valence-corrected chi connectivity index (χ1v) is 5.61. The Labute approximate surface area is 97.9 Å². The summed E-state index contributed by atoms with van der Waals surface area (Å²) >= 11 is 0. The summed E-state index contributed by atoms with van der Waals surface area (Å²) in [6.45, 7) is 0. The SMILES string of the molecule is CN.c1ccc(CCc2ccccc2)cc1. The fourth-order valence-corrected chi connectivity index (χ4v) is 1.58. The van der Waals surface area contributed by atoms with Gasteiger partial charge in [0, 0.05) is 0 Å². The van der Waals surface area contributed by atoms with Crippen LogP contribution in [0.4, 0.5) is 0 Å². The van der Waals surface area contributed by atoms with Crippen molar-refractivity contribution in [1.29, 1.82) is 0 Å². The van der Waals surface area contributed by atoms with Crippen molar-refractivity contribution in [3.63, 3.8) is 0 Å². The number of hydrogen-bond acceptors (Lipinski definition) is 1. The number of nitrogens with two attached hydrogens (primary N) is 1. The van der Waals surface area contributed by atoms with Crippen LogP contribution < -0.4 is 5.73 Å². The van der Waals surface area contributed by atoms with Crippen LogP contribution >= 0.6 is 0 Å². The zero-order valence-corrected chi connectivity index (χ0v) is 9.77. The number of hydrogen-bond donors (Lipinski definition) is 1. The van der Waals surface area contributed by atoms with E-state index in [0.717, 1.165) is 12.8 Å². The molecular formula is C15H19N. The van der Waals surface area contributed by atoms with Crippen LogP contribution in [0.5, 0.6) is 0 Å². The Morgan fingerprint density at radius 1 is 0.625 bits per heavy atom. The third kappa shape index (κ3) is 4.28. The quantitative estimate of drug-likeness (QED) is 0.833. The lowest BCUT2D eigenvalue weighted by Gasteiger charge is -2.01. The second-order valence-corrected chi connectivity index (χ2v) is 3.47. The molecular weight excluding hydrogens is 194 g/mol. The average Bonchev–Trinajstić information content (AvgIpc) is 2.41. The summed E-state index contributed by atoms with van der Waals surface area (Å²) < 4.78 is 0. The molecule has 0 bridgehead atoms. The summed E-state index contributed by atoms with van der Waals surface area (Å²) in [5.41, 5.74) is 7.33. The maximum atomic E-state index is 4.50. The highest BCUT2D eigenvalue weighted by atomic mass is 14.4. The first kappa shape index (κ1) is 12.5. The van der Waals surface area contributed by atoms with Gasteiger partial charge in [0.2, 0.25) is 0 Å². The summed E-state index contributed by atoms with van der Waals surface area (Å²) in [5, 5.41) is 0. The van der Waals surface area contributed by atoms with Gasteiger partial charge in [-0.05, 0) is 31.0 Å². The molecule has 0 aliphatic rings. The Kier molecular flexibility index (Phi) is 5.97. The zero-order valence-electron chi connectivity index (χ0n) is 9.77. The number of rotatable bonds is 3. The molecule has 0 aliphatic carbocycles. The van der Waals surface area contributed by atoms with Gasteiger partial charge in [-0.25, -0.2) is 0 Å². The number of aryl methyl sites for hydroxylation is 2. The first-order valence-electron chi connectivity index (χ1n) is 5.61. The van der Waals surface area contributed by atoms with E-state index in [1.165, 1.54) is 18.2 Å². The summed E-state index contributed by atoms with van der Waals surface area (Å²) in [4.78, 5) is 0. The molecule has 1 heteroatoms. The van der Waals surface area contributed by atoms with Gasteiger partial charge in [0.25, 0.3) is 0 Å². The summed E-state index contributed by atoms with van der Waals surface area (Å²) in [6.07, 6.45) is 2.26. The minimum Gasteiger partial charge on any atom is -0.333 e. The number of benzene rings is 2. The molecule has 0 radical (unpaired) electrons. The second-order valence-electron chi connectivity index (χ2n) is 3.47. The van der Waals surface area contributed by atoms with E-state index in [1.807, 2.05) is 0 Å². The van der Waals surface area contributed by atoms with Gasteiger partial charge in [0.1, 0.15) is 0 Å². The van der Waals surface area contributed by atoms with E-state index >= 15 is 0 Å². The lowest BCUT2D eigenvalue weighted by molar-refractivity contribution is 0.960. The maximum Gasteiger partial charge on any atom is -0.0195 e. The van der Waals surface area contributed by atoms with Gasteiger partial charge in [-0.15, -0.1) is 0 Å². The van der Waals surface area contributed by atoms with Crippen LogP contribution in [0.15, 0.2) is 60.7 Å².